The summed E-state index contributed by atoms with van der Waals surface area (Å²) in [6.07, 6.45) is 1.73. The lowest BCUT2D eigenvalue weighted by Crippen LogP contribution is -1.88. The number of aromatic nitrogens is 1. The van der Waals surface area contributed by atoms with Crippen molar-refractivity contribution in [2.24, 2.45) is 10.2 Å². The van der Waals surface area contributed by atoms with Crippen LogP contribution in [-0.4, -0.2) is 4.98 Å². The summed E-state index contributed by atoms with van der Waals surface area (Å²) in [4.78, 5) is 4.55. The second kappa shape index (κ2) is 7.00. The third-order valence-electron chi connectivity index (χ3n) is 4.64. The Bertz CT molecular complexity index is 1140. The quantitative estimate of drug-likeness (QED) is 0.337. The van der Waals surface area contributed by atoms with Crippen molar-refractivity contribution in [1.29, 1.82) is 0 Å². The van der Waals surface area contributed by atoms with Crippen molar-refractivity contribution in [3.63, 3.8) is 0 Å². The number of azo groups is 1. The molecule has 0 aliphatic carbocycles. The van der Waals surface area contributed by atoms with E-state index >= 15 is 0 Å². The minimum Gasteiger partial charge on any atom is -0.396 e. The van der Waals surface area contributed by atoms with E-state index in [1.165, 1.54) is 11.1 Å². The molecule has 0 amide bonds. The number of fused-ring (bicyclic) bond motifs is 1. The van der Waals surface area contributed by atoms with Crippen molar-refractivity contribution in [2.45, 2.75) is 13.8 Å². The van der Waals surface area contributed by atoms with Crippen LogP contribution < -0.4 is 5.73 Å². The summed E-state index contributed by atoms with van der Waals surface area (Å²) in [7, 11) is 0. The number of anilines is 1. The molecule has 1 heterocycles. The first-order valence-corrected chi connectivity index (χ1v) is 8.84. The summed E-state index contributed by atoms with van der Waals surface area (Å²) in [6, 6.07) is 22.1. The molecule has 0 unspecified atom stereocenters. The number of hydrogen-bond donors (Lipinski definition) is 1. The van der Waals surface area contributed by atoms with E-state index in [1.54, 1.807) is 6.20 Å². The van der Waals surface area contributed by atoms with Gasteiger partial charge in [-0.25, -0.2) is 0 Å². The van der Waals surface area contributed by atoms with Gasteiger partial charge in [0.1, 0.15) is 11.4 Å². The monoisotopic (exact) mass is 352 g/mol. The van der Waals surface area contributed by atoms with Gasteiger partial charge in [-0.2, -0.15) is 0 Å². The highest BCUT2D eigenvalue weighted by Gasteiger charge is 2.05. The van der Waals surface area contributed by atoms with Crippen LogP contribution >= 0.6 is 0 Å². The predicted molar refractivity (Wildman–Crippen MR) is 112 cm³/mol. The maximum atomic E-state index is 6.24. The molecule has 4 rings (SSSR count). The van der Waals surface area contributed by atoms with Crippen LogP contribution in [0.3, 0.4) is 0 Å². The SMILES string of the molecule is Cc1ccc(C)c(-c2ccc(N=Nc3ccc4ccccc4c3N)cn2)c1. The third-order valence-corrected chi connectivity index (χ3v) is 4.64. The molecular weight excluding hydrogens is 332 g/mol. The maximum absolute atomic E-state index is 6.24. The molecule has 0 saturated heterocycles. The minimum atomic E-state index is 0.636. The van der Waals surface area contributed by atoms with E-state index in [1.807, 2.05) is 48.5 Å². The molecule has 4 nitrogen and oxygen atoms in total. The van der Waals surface area contributed by atoms with Crippen LogP contribution in [0, 0.1) is 13.8 Å². The number of pyridine rings is 1. The normalized spacial score (nSPS) is 11.3. The zero-order chi connectivity index (χ0) is 18.8. The lowest BCUT2D eigenvalue weighted by Gasteiger charge is -2.06. The van der Waals surface area contributed by atoms with Crippen LogP contribution in [0.15, 0.2) is 83.2 Å². The largest absolute Gasteiger partial charge is 0.396 e. The van der Waals surface area contributed by atoms with Crippen molar-refractivity contribution in [3.8, 4) is 11.3 Å². The van der Waals surface area contributed by atoms with Crippen LogP contribution in [0.5, 0.6) is 0 Å². The molecule has 0 aliphatic heterocycles. The van der Waals surface area contributed by atoms with Crippen LogP contribution in [0.2, 0.25) is 0 Å². The molecule has 27 heavy (non-hydrogen) atoms. The number of aryl methyl sites for hydroxylation is 2. The van der Waals surface area contributed by atoms with E-state index < -0.39 is 0 Å². The summed E-state index contributed by atoms with van der Waals surface area (Å²) in [5.41, 5.74) is 12.7. The van der Waals surface area contributed by atoms with Crippen LogP contribution in [0.4, 0.5) is 17.1 Å². The molecule has 0 saturated carbocycles. The smallest absolute Gasteiger partial charge is 0.109 e. The first-order valence-electron chi connectivity index (χ1n) is 8.84. The number of hydrogen-bond acceptors (Lipinski definition) is 4. The second-order valence-electron chi connectivity index (χ2n) is 6.64. The Kier molecular flexibility index (Phi) is 4.38. The van der Waals surface area contributed by atoms with Crippen LogP contribution in [0.1, 0.15) is 11.1 Å². The van der Waals surface area contributed by atoms with Crippen molar-refractivity contribution in [3.05, 3.63) is 84.1 Å². The number of nitrogen functional groups attached to an aromatic ring is 1. The third kappa shape index (κ3) is 3.42. The van der Waals surface area contributed by atoms with E-state index in [0.717, 1.165) is 22.0 Å². The van der Waals surface area contributed by atoms with Gasteiger partial charge in [0.05, 0.1) is 17.6 Å². The van der Waals surface area contributed by atoms with Crippen molar-refractivity contribution in [2.75, 3.05) is 5.73 Å². The molecule has 4 heteroatoms. The molecule has 4 aromatic rings. The fourth-order valence-electron chi connectivity index (χ4n) is 3.10. The molecule has 0 fully saturated rings. The summed E-state index contributed by atoms with van der Waals surface area (Å²) in [6.45, 7) is 4.17. The van der Waals surface area contributed by atoms with Gasteiger partial charge in [-0.05, 0) is 49.1 Å². The van der Waals surface area contributed by atoms with Gasteiger partial charge in [-0.3, -0.25) is 4.98 Å². The van der Waals surface area contributed by atoms with Gasteiger partial charge in [0.15, 0.2) is 0 Å². The van der Waals surface area contributed by atoms with Gasteiger partial charge in [-0.1, -0.05) is 48.0 Å². The van der Waals surface area contributed by atoms with Crippen molar-refractivity contribution < 1.29 is 0 Å². The highest BCUT2D eigenvalue weighted by atomic mass is 15.1. The highest BCUT2D eigenvalue weighted by molar-refractivity contribution is 5.97. The van der Waals surface area contributed by atoms with Gasteiger partial charge < -0.3 is 5.73 Å². The summed E-state index contributed by atoms with van der Waals surface area (Å²) < 4.78 is 0. The molecule has 2 N–H and O–H groups in total. The lowest BCUT2D eigenvalue weighted by molar-refractivity contribution is 1.20. The molecule has 0 spiro atoms. The lowest BCUT2D eigenvalue weighted by atomic mass is 10.0. The van der Waals surface area contributed by atoms with E-state index in [9.17, 15) is 0 Å². The zero-order valence-electron chi connectivity index (χ0n) is 15.3. The molecule has 0 aliphatic rings. The molecule has 132 valence electrons. The number of nitrogens with zero attached hydrogens (tertiary/aromatic N) is 3. The zero-order valence-corrected chi connectivity index (χ0v) is 15.3. The van der Waals surface area contributed by atoms with E-state index in [2.05, 4.69) is 47.3 Å². The summed E-state index contributed by atoms with van der Waals surface area (Å²) >= 11 is 0. The summed E-state index contributed by atoms with van der Waals surface area (Å²) in [5.74, 6) is 0. The highest BCUT2D eigenvalue weighted by Crippen LogP contribution is 2.32. The topological polar surface area (TPSA) is 63.6 Å². The fraction of sp³-hybridized carbons (Fsp3) is 0.0870. The molecule has 1 aromatic heterocycles. The van der Waals surface area contributed by atoms with Gasteiger partial charge in [0.25, 0.3) is 0 Å². The Labute approximate surface area is 158 Å². The molecule has 0 bridgehead atoms. The fourth-order valence-corrected chi connectivity index (χ4v) is 3.10. The average Bonchev–Trinajstić information content (AvgIpc) is 2.70. The number of benzene rings is 3. The minimum absolute atomic E-state index is 0.636. The van der Waals surface area contributed by atoms with E-state index in [4.69, 9.17) is 5.73 Å². The standard InChI is InChI=1S/C23H20N4/c1-15-7-8-16(2)20(13-15)21-12-10-18(14-25-21)26-27-22-11-9-17-5-3-4-6-19(17)23(22)24/h3-14H,24H2,1-2H3. The Balaban J connectivity index is 1.62. The predicted octanol–water partition coefficient (Wildman–Crippen LogP) is 6.52. The summed E-state index contributed by atoms with van der Waals surface area (Å²) in [5, 5.41) is 10.7. The Morgan fingerprint density at radius 3 is 2.52 bits per heavy atom. The Hall–Kier alpha value is -3.53. The first-order chi connectivity index (χ1) is 13.1. The Morgan fingerprint density at radius 2 is 1.70 bits per heavy atom. The molecule has 0 radical (unpaired) electrons. The first kappa shape index (κ1) is 16.9. The Morgan fingerprint density at radius 1 is 0.852 bits per heavy atom. The second-order valence-corrected chi connectivity index (χ2v) is 6.64. The number of nitrogens with two attached hydrogens (primary N) is 1. The van der Waals surface area contributed by atoms with E-state index in [0.29, 0.717) is 17.1 Å². The number of rotatable bonds is 3. The molecule has 0 atom stereocenters. The molecule has 3 aromatic carbocycles. The maximum Gasteiger partial charge on any atom is 0.109 e. The average molecular weight is 352 g/mol. The van der Waals surface area contributed by atoms with Crippen LogP contribution in [0.25, 0.3) is 22.0 Å². The van der Waals surface area contributed by atoms with Crippen molar-refractivity contribution >= 4 is 27.8 Å². The van der Waals surface area contributed by atoms with Gasteiger partial charge in [0.2, 0.25) is 0 Å². The van der Waals surface area contributed by atoms with E-state index in [-0.39, 0.29) is 0 Å². The van der Waals surface area contributed by atoms with Gasteiger partial charge in [0, 0.05) is 10.9 Å². The van der Waals surface area contributed by atoms with Crippen molar-refractivity contribution in [1.82, 2.24) is 4.98 Å². The van der Waals surface area contributed by atoms with Gasteiger partial charge >= 0.3 is 0 Å². The molecular formula is C23H20N4. The van der Waals surface area contributed by atoms with Gasteiger partial charge in [-0.15, -0.1) is 10.2 Å². The van der Waals surface area contributed by atoms with Crippen LogP contribution in [-0.2, 0) is 0 Å².